The van der Waals surface area contributed by atoms with Crippen LogP contribution in [0.25, 0.3) is 0 Å². The van der Waals surface area contributed by atoms with Gasteiger partial charge in [0.25, 0.3) is 5.91 Å². The van der Waals surface area contributed by atoms with Crippen LogP contribution >= 0.6 is 11.3 Å². The molecular formula is C22H32N2O4S. The van der Waals surface area contributed by atoms with Gasteiger partial charge in [-0.2, -0.15) is 0 Å². The molecule has 6 nitrogen and oxygen atoms in total. The van der Waals surface area contributed by atoms with Gasteiger partial charge in [-0.25, -0.2) is 4.79 Å². The molecule has 0 aliphatic heterocycles. The molecule has 29 heavy (non-hydrogen) atoms. The number of esters is 1. The fraction of sp³-hybridized carbons (Fsp3) is 0.682. The number of carbonyl (C=O) groups is 3. The molecule has 0 aromatic carbocycles. The molecule has 3 unspecified atom stereocenters. The van der Waals surface area contributed by atoms with Crippen LogP contribution in [0, 0.1) is 24.7 Å². The lowest BCUT2D eigenvalue weighted by Gasteiger charge is -2.20. The second kappa shape index (κ2) is 8.86. The van der Waals surface area contributed by atoms with Crippen LogP contribution in [0.5, 0.6) is 0 Å². The Morgan fingerprint density at radius 1 is 1.17 bits per heavy atom. The van der Waals surface area contributed by atoms with Gasteiger partial charge in [0, 0.05) is 19.0 Å². The van der Waals surface area contributed by atoms with Gasteiger partial charge in [-0.1, -0.05) is 6.42 Å². The fourth-order valence-corrected chi connectivity index (χ4v) is 5.91. The molecule has 2 bridgehead atoms. The standard InChI is InChI=1S/C22H32N2O4S/c1-6-24(7-2)21(26)18-13(5)17(22(27)28-12(3)4)20(29-18)23-19(25)16-11-14-8-9-15(16)10-14/h12,14-16H,6-11H2,1-5H3,(H,23,25). The Kier molecular flexibility index (Phi) is 6.66. The molecule has 7 heteroatoms. The van der Waals surface area contributed by atoms with Gasteiger partial charge in [-0.3, -0.25) is 9.59 Å². The van der Waals surface area contributed by atoms with Crippen LogP contribution in [0.15, 0.2) is 0 Å². The Morgan fingerprint density at radius 2 is 1.86 bits per heavy atom. The smallest absolute Gasteiger partial charge is 0.341 e. The Bertz CT molecular complexity index is 797. The van der Waals surface area contributed by atoms with Gasteiger partial charge in [-0.05, 0) is 71.3 Å². The molecule has 1 aromatic rings. The first-order valence-electron chi connectivity index (χ1n) is 10.7. The molecule has 3 rings (SSSR count). The minimum Gasteiger partial charge on any atom is -0.459 e. The second-order valence-electron chi connectivity index (χ2n) is 8.46. The van der Waals surface area contributed by atoms with Crippen molar-refractivity contribution in [2.45, 2.75) is 66.4 Å². The predicted octanol–water partition coefficient (Wildman–Crippen LogP) is 4.48. The number of amides is 2. The predicted molar refractivity (Wildman–Crippen MR) is 114 cm³/mol. The molecular weight excluding hydrogens is 388 g/mol. The summed E-state index contributed by atoms with van der Waals surface area (Å²) in [4.78, 5) is 40.9. The summed E-state index contributed by atoms with van der Waals surface area (Å²) in [6.07, 6.45) is 4.12. The summed E-state index contributed by atoms with van der Waals surface area (Å²) in [5.41, 5.74) is 0.900. The van der Waals surface area contributed by atoms with Crippen LogP contribution in [0.2, 0.25) is 0 Å². The molecule has 2 fully saturated rings. The number of thiophene rings is 1. The van der Waals surface area contributed by atoms with E-state index in [4.69, 9.17) is 4.74 Å². The number of ether oxygens (including phenoxy) is 1. The van der Waals surface area contributed by atoms with Gasteiger partial charge in [0.15, 0.2) is 0 Å². The number of anilines is 1. The average Bonchev–Trinajstić information content (AvgIpc) is 3.36. The normalized spacial score (nSPS) is 22.8. The summed E-state index contributed by atoms with van der Waals surface area (Å²) in [5, 5.41) is 3.43. The highest BCUT2D eigenvalue weighted by molar-refractivity contribution is 7.18. The lowest BCUT2D eigenvalue weighted by atomic mass is 9.88. The van der Waals surface area contributed by atoms with Crippen molar-refractivity contribution < 1.29 is 19.1 Å². The van der Waals surface area contributed by atoms with Gasteiger partial charge in [0.2, 0.25) is 5.91 Å². The zero-order valence-electron chi connectivity index (χ0n) is 18.0. The molecule has 3 atom stereocenters. The van der Waals surface area contributed by atoms with E-state index in [9.17, 15) is 14.4 Å². The van der Waals surface area contributed by atoms with Crippen molar-refractivity contribution in [2.24, 2.45) is 17.8 Å². The molecule has 2 saturated carbocycles. The zero-order chi connectivity index (χ0) is 21.3. The van der Waals surface area contributed by atoms with Crippen molar-refractivity contribution in [3.05, 3.63) is 16.0 Å². The highest BCUT2D eigenvalue weighted by Crippen LogP contribution is 2.49. The summed E-state index contributed by atoms with van der Waals surface area (Å²) >= 11 is 1.19. The number of nitrogens with one attached hydrogen (secondary N) is 1. The van der Waals surface area contributed by atoms with Crippen LogP contribution in [-0.2, 0) is 9.53 Å². The van der Waals surface area contributed by atoms with E-state index >= 15 is 0 Å². The number of rotatable bonds is 7. The number of carbonyl (C=O) groups excluding carboxylic acids is 3. The summed E-state index contributed by atoms with van der Waals surface area (Å²) in [6, 6.07) is 0. The Hall–Kier alpha value is -1.89. The van der Waals surface area contributed by atoms with E-state index in [-0.39, 0.29) is 23.8 Å². The first kappa shape index (κ1) is 21.8. The van der Waals surface area contributed by atoms with Gasteiger partial charge in [0.1, 0.15) is 5.00 Å². The van der Waals surface area contributed by atoms with Crippen LogP contribution in [0.3, 0.4) is 0 Å². The maximum absolute atomic E-state index is 13.0. The lowest BCUT2D eigenvalue weighted by molar-refractivity contribution is -0.121. The molecule has 0 radical (unpaired) electrons. The Morgan fingerprint density at radius 3 is 2.38 bits per heavy atom. The number of hydrogen-bond donors (Lipinski definition) is 1. The molecule has 0 spiro atoms. The topological polar surface area (TPSA) is 75.7 Å². The Labute approximate surface area is 177 Å². The first-order chi connectivity index (χ1) is 13.8. The number of nitrogens with zero attached hydrogens (tertiary/aromatic N) is 1. The largest absolute Gasteiger partial charge is 0.459 e. The summed E-state index contributed by atoms with van der Waals surface area (Å²) in [5.74, 6) is 0.480. The molecule has 1 aromatic heterocycles. The van der Waals surface area contributed by atoms with Gasteiger partial charge >= 0.3 is 5.97 Å². The van der Waals surface area contributed by atoms with E-state index in [2.05, 4.69) is 5.32 Å². The molecule has 2 aliphatic rings. The minimum absolute atomic E-state index is 0.00654. The first-order valence-corrected chi connectivity index (χ1v) is 11.5. The van der Waals surface area contributed by atoms with Crippen LogP contribution in [-0.4, -0.2) is 41.9 Å². The van der Waals surface area contributed by atoms with Crippen molar-refractivity contribution in [1.82, 2.24) is 4.90 Å². The monoisotopic (exact) mass is 420 g/mol. The fourth-order valence-electron chi connectivity index (χ4n) is 4.75. The van der Waals surface area contributed by atoms with Crippen molar-refractivity contribution in [3.8, 4) is 0 Å². The van der Waals surface area contributed by atoms with Crippen molar-refractivity contribution in [2.75, 3.05) is 18.4 Å². The van der Waals surface area contributed by atoms with Gasteiger partial charge in [0.05, 0.1) is 16.5 Å². The van der Waals surface area contributed by atoms with Crippen molar-refractivity contribution in [3.63, 3.8) is 0 Å². The maximum Gasteiger partial charge on any atom is 0.341 e. The number of hydrogen-bond acceptors (Lipinski definition) is 5. The molecule has 0 saturated heterocycles. The SMILES string of the molecule is CCN(CC)C(=O)c1sc(NC(=O)C2CC3CCC2C3)c(C(=O)OC(C)C)c1C. The van der Waals surface area contributed by atoms with Gasteiger partial charge in [-0.15, -0.1) is 11.3 Å². The van der Waals surface area contributed by atoms with Crippen molar-refractivity contribution in [1.29, 1.82) is 0 Å². The van der Waals surface area contributed by atoms with Crippen molar-refractivity contribution >= 4 is 34.1 Å². The van der Waals surface area contributed by atoms with E-state index in [0.29, 0.717) is 45.9 Å². The van der Waals surface area contributed by atoms with E-state index < -0.39 is 5.97 Å². The summed E-state index contributed by atoms with van der Waals surface area (Å²) < 4.78 is 5.41. The third kappa shape index (κ3) is 4.34. The molecule has 2 aliphatic carbocycles. The van der Waals surface area contributed by atoms with E-state index in [1.165, 1.54) is 17.8 Å². The third-order valence-corrected chi connectivity index (χ3v) is 7.45. The highest BCUT2D eigenvalue weighted by Gasteiger charge is 2.43. The average molecular weight is 421 g/mol. The van der Waals surface area contributed by atoms with Gasteiger partial charge < -0.3 is 15.0 Å². The van der Waals surface area contributed by atoms with Crippen LogP contribution in [0.1, 0.15) is 79.0 Å². The molecule has 1 heterocycles. The van der Waals surface area contributed by atoms with E-state index in [0.717, 1.165) is 19.3 Å². The summed E-state index contributed by atoms with van der Waals surface area (Å²) in [6.45, 7) is 10.4. The maximum atomic E-state index is 13.0. The highest BCUT2D eigenvalue weighted by atomic mass is 32.1. The van der Waals surface area contributed by atoms with Crippen LogP contribution < -0.4 is 5.32 Å². The molecule has 160 valence electrons. The quantitative estimate of drug-likeness (QED) is 0.660. The third-order valence-electron chi connectivity index (χ3n) is 6.25. The lowest BCUT2D eigenvalue weighted by Crippen LogP contribution is -2.30. The van der Waals surface area contributed by atoms with E-state index in [1.54, 1.807) is 25.7 Å². The second-order valence-corrected chi connectivity index (χ2v) is 9.48. The molecule has 1 N–H and O–H groups in total. The summed E-state index contributed by atoms with van der Waals surface area (Å²) in [7, 11) is 0. The molecule has 2 amide bonds. The van der Waals surface area contributed by atoms with E-state index in [1.807, 2.05) is 13.8 Å². The Balaban J connectivity index is 1.91. The zero-order valence-corrected chi connectivity index (χ0v) is 18.9. The minimum atomic E-state index is -0.490. The number of fused-ring (bicyclic) bond motifs is 2. The van der Waals surface area contributed by atoms with Crippen LogP contribution in [0.4, 0.5) is 5.00 Å².